The average Bonchev–Trinajstić information content (AvgIpc) is 2.85. The van der Waals surface area contributed by atoms with E-state index >= 15 is 0 Å². The molecular formula is C14H18N2O2. The Hall–Kier alpha value is -1.81. The number of rotatable bonds is 6. The van der Waals surface area contributed by atoms with Crippen LogP contribution >= 0.6 is 0 Å². The van der Waals surface area contributed by atoms with Crippen molar-refractivity contribution in [1.82, 2.24) is 10.5 Å². The fourth-order valence-corrected chi connectivity index (χ4v) is 1.77. The minimum absolute atomic E-state index is 0.410. The Balaban J connectivity index is 1.97. The molecule has 18 heavy (non-hydrogen) atoms. The zero-order chi connectivity index (χ0) is 12.8. The van der Waals surface area contributed by atoms with Crippen LogP contribution < -0.4 is 10.1 Å². The van der Waals surface area contributed by atoms with Crippen molar-refractivity contribution in [3.05, 3.63) is 47.3 Å². The van der Waals surface area contributed by atoms with Crippen LogP contribution in [0.15, 0.2) is 34.9 Å². The lowest BCUT2D eigenvalue weighted by molar-refractivity contribution is 0.246. The molecule has 0 aliphatic carbocycles. The first kappa shape index (κ1) is 12.6. The van der Waals surface area contributed by atoms with Crippen molar-refractivity contribution < 1.29 is 9.26 Å². The van der Waals surface area contributed by atoms with E-state index in [0.717, 1.165) is 23.6 Å². The fraction of sp³-hybridized carbons (Fsp3) is 0.357. The van der Waals surface area contributed by atoms with Gasteiger partial charge in [-0.25, -0.2) is 0 Å². The van der Waals surface area contributed by atoms with Gasteiger partial charge in [0.2, 0.25) is 0 Å². The van der Waals surface area contributed by atoms with Crippen molar-refractivity contribution in [1.29, 1.82) is 0 Å². The van der Waals surface area contributed by atoms with E-state index in [9.17, 15) is 0 Å². The Morgan fingerprint density at radius 1 is 1.33 bits per heavy atom. The van der Waals surface area contributed by atoms with E-state index in [0.29, 0.717) is 13.2 Å². The molecule has 0 spiro atoms. The Morgan fingerprint density at radius 3 is 2.94 bits per heavy atom. The van der Waals surface area contributed by atoms with E-state index in [1.165, 1.54) is 5.56 Å². The summed E-state index contributed by atoms with van der Waals surface area (Å²) in [4.78, 5) is 0. The highest BCUT2D eigenvalue weighted by Gasteiger charge is 2.06. The van der Waals surface area contributed by atoms with Crippen LogP contribution in [0.25, 0.3) is 0 Å². The van der Waals surface area contributed by atoms with Crippen LogP contribution in [0.2, 0.25) is 0 Å². The molecule has 0 saturated carbocycles. The molecule has 0 saturated heterocycles. The van der Waals surface area contributed by atoms with Gasteiger partial charge in [-0.2, -0.15) is 0 Å². The second-order valence-corrected chi connectivity index (χ2v) is 4.06. The average molecular weight is 246 g/mol. The summed E-state index contributed by atoms with van der Waals surface area (Å²) in [7, 11) is 1.88. The van der Waals surface area contributed by atoms with Crippen LogP contribution in [-0.2, 0) is 19.6 Å². The predicted molar refractivity (Wildman–Crippen MR) is 69.4 cm³/mol. The highest BCUT2D eigenvalue weighted by Crippen LogP contribution is 2.19. The molecule has 1 heterocycles. The van der Waals surface area contributed by atoms with Gasteiger partial charge >= 0.3 is 0 Å². The third kappa shape index (κ3) is 3.11. The third-order valence-electron chi connectivity index (χ3n) is 2.69. The standard InChI is InChI=1S/C14H18N2O2/c1-3-11-6-4-5-7-14(11)17-10-13-8-12(9-15-2)16-18-13/h4-8,15H,3,9-10H2,1-2H3. The van der Waals surface area contributed by atoms with Gasteiger partial charge in [-0.05, 0) is 25.1 Å². The van der Waals surface area contributed by atoms with Gasteiger partial charge in [0, 0.05) is 12.6 Å². The van der Waals surface area contributed by atoms with Gasteiger partial charge in [-0.3, -0.25) is 0 Å². The zero-order valence-electron chi connectivity index (χ0n) is 10.8. The van der Waals surface area contributed by atoms with E-state index in [1.807, 2.05) is 31.3 Å². The molecule has 1 aromatic carbocycles. The summed E-state index contributed by atoms with van der Waals surface area (Å²) in [5.41, 5.74) is 2.09. The van der Waals surface area contributed by atoms with Gasteiger partial charge in [0.1, 0.15) is 12.4 Å². The molecule has 0 aliphatic rings. The molecule has 2 aromatic rings. The summed E-state index contributed by atoms with van der Waals surface area (Å²) in [6.07, 6.45) is 0.956. The van der Waals surface area contributed by atoms with E-state index in [-0.39, 0.29) is 0 Å². The van der Waals surface area contributed by atoms with E-state index in [1.54, 1.807) is 0 Å². The minimum Gasteiger partial charge on any atom is -0.485 e. The topological polar surface area (TPSA) is 47.3 Å². The van der Waals surface area contributed by atoms with Crippen LogP contribution in [0.1, 0.15) is 23.9 Å². The largest absolute Gasteiger partial charge is 0.485 e. The molecule has 0 fully saturated rings. The number of aryl methyl sites for hydroxylation is 1. The lowest BCUT2D eigenvalue weighted by Gasteiger charge is -2.08. The molecule has 0 atom stereocenters. The number of hydrogen-bond acceptors (Lipinski definition) is 4. The lowest BCUT2D eigenvalue weighted by Crippen LogP contribution is -2.04. The molecule has 0 amide bonds. The highest BCUT2D eigenvalue weighted by atomic mass is 16.5. The highest BCUT2D eigenvalue weighted by molar-refractivity contribution is 5.33. The normalized spacial score (nSPS) is 10.6. The zero-order valence-corrected chi connectivity index (χ0v) is 10.8. The molecule has 0 bridgehead atoms. The quantitative estimate of drug-likeness (QED) is 0.851. The van der Waals surface area contributed by atoms with Crippen molar-refractivity contribution in [2.75, 3.05) is 7.05 Å². The number of aromatic nitrogens is 1. The van der Waals surface area contributed by atoms with Crippen LogP contribution in [-0.4, -0.2) is 12.2 Å². The second-order valence-electron chi connectivity index (χ2n) is 4.06. The molecule has 1 N–H and O–H groups in total. The maximum atomic E-state index is 5.75. The third-order valence-corrected chi connectivity index (χ3v) is 2.69. The number of ether oxygens (including phenoxy) is 1. The summed E-state index contributed by atoms with van der Waals surface area (Å²) >= 11 is 0. The molecule has 0 unspecified atom stereocenters. The van der Waals surface area contributed by atoms with E-state index < -0.39 is 0 Å². The number of nitrogens with one attached hydrogen (secondary N) is 1. The summed E-state index contributed by atoms with van der Waals surface area (Å²) in [5, 5.41) is 6.97. The van der Waals surface area contributed by atoms with Crippen molar-refractivity contribution in [2.45, 2.75) is 26.5 Å². The molecular weight excluding hydrogens is 228 g/mol. The molecule has 4 nitrogen and oxygen atoms in total. The number of hydrogen-bond donors (Lipinski definition) is 1. The van der Waals surface area contributed by atoms with E-state index in [4.69, 9.17) is 9.26 Å². The second kappa shape index (κ2) is 6.21. The van der Waals surface area contributed by atoms with Gasteiger partial charge < -0.3 is 14.6 Å². The molecule has 96 valence electrons. The first-order valence-electron chi connectivity index (χ1n) is 6.13. The van der Waals surface area contributed by atoms with Crippen LogP contribution in [0.3, 0.4) is 0 Å². The summed E-state index contributed by atoms with van der Waals surface area (Å²) in [6.45, 7) is 3.23. The van der Waals surface area contributed by atoms with E-state index in [2.05, 4.69) is 23.5 Å². The molecule has 0 radical (unpaired) electrons. The van der Waals surface area contributed by atoms with Gasteiger partial charge in [-0.15, -0.1) is 0 Å². The fourth-order valence-electron chi connectivity index (χ4n) is 1.77. The first-order chi connectivity index (χ1) is 8.83. The van der Waals surface area contributed by atoms with Crippen molar-refractivity contribution in [3.8, 4) is 5.75 Å². The number of para-hydroxylation sites is 1. The summed E-state index contributed by atoms with van der Waals surface area (Å²) < 4.78 is 10.9. The molecule has 0 aliphatic heterocycles. The number of benzene rings is 1. The van der Waals surface area contributed by atoms with Gasteiger partial charge in [0.05, 0.1) is 5.69 Å². The van der Waals surface area contributed by atoms with Crippen molar-refractivity contribution in [3.63, 3.8) is 0 Å². The van der Waals surface area contributed by atoms with Gasteiger partial charge in [0.15, 0.2) is 5.76 Å². The van der Waals surface area contributed by atoms with Crippen molar-refractivity contribution >= 4 is 0 Å². The Labute approximate surface area is 107 Å². The van der Waals surface area contributed by atoms with Crippen molar-refractivity contribution in [2.24, 2.45) is 0 Å². The minimum atomic E-state index is 0.410. The molecule has 4 heteroatoms. The van der Waals surface area contributed by atoms with Crippen LogP contribution in [0.4, 0.5) is 0 Å². The monoisotopic (exact) mass is 246 g/mol. The smallest absolute Gasteiger partial charge is 0.174 e. The maximum absolute atomic E-state index is 5.75. The summed E-state index contributed by atoms with van der Waals surface area (Å²) in [6, 6.07) is 9.95. The van der Waals surface area contributed by atoms with Crippen LogP contribution in [0.5, 0.6) is 5.75 Å². The Kier molecular flexibility index (Phi) is 4.36. The first-order valence-corrected chi connectivity index (χ1v) is 6.13. The Bertz CT molecular complexity index is 494. The van der Waals surface area contributed by atoms with Gasteiger partial charge in [0.25, 0.3) is 0 Å². The maximum Gasteiger partial charge on any atom is 0.174 e. The van der Waals surface area contributed by atoms with Crippen LogP contribution in [0, 0.1) is 0 Å². The Morgan fingerprint density at radius 2 is 2.17 bits per heavy atom. The summed E-state index contributed by atoms with van der Waals surface area (Å²) in [5.74, 6) is 1.65. The van der Waals surface area contributed by atoms with Gasteiger partial charge in [-0.1, -0.05) is 30.3 Å². The molecule has 2 rings (SSSR count). The number of nitrogens with zero attached hydrogens (tertiary/aromatic N) is 1. The predicted octanol–water partition coefficient (Wildman–Crippen LogP) is 2.54. The molecule has 1 aromatic heterocycles. The SMILES string of the molecule is CCc1ccccc1OCc1cc(CNC)no1. The lowest BCUT2D eigenvalue weighted by atomic mass is 10.1.